The summed E-state index contributed by atoms with van der Waals surface area (Å²) in [6.45, 7) is 5.44. The van der Waals surface area contributed by atoms with Crippen molar-refractivity contribution in [1.29, 1.82) is 0 Å². The highest BCUT2D eigenvalue weighted by Gasteiger charge is 2.16. The topological polar surface area (TPSA) is 56.7 Å². The molecule has 1 heterocycles. The molecular formula is C24H31IN4O. The molecule has 0 atom stereocenters. The Labute approximate surface area is 196 Å². The van der Waals surface area contributed by atoms with Crippen molar-refractivity contribution in [3.8, 4) is 0 Å². The van der Waals surface area contributed by atoms with Crippen LogP contribution in [0.3, 0.4) is 0 Å². The first-order chi connectivity index (χ1) is 14.2. The number of carbonyl (C=O) groups excluding carboxylic acids is 1. The van der Waals surface area contributed by atoms with Gasteiger partial charge in [0.05, 0.1) is 0 Å². The number of halogens is 1. The number of amides is 1. The predicted octanol–water partition coefficient (Wildman–Crippen LogP) is 3.96. The zero-order valence-electron chi connectivity index (χ0n) is 17.7. The number of nitrogens with one attached hydrogen (secondary N) is 2. The number of hydrogen-bond donors (Lipinski definition) is 2. The van der Waals surface area contributed by atoms with Gasteiger partial charge in [0.2, 0.25) is 0 Å². The summed E-state index contributed by atoms with van der Waals surface area (Å²) in [5.41, 5.74) is 4.53. The molecule has 30 heavy (non-hydrogen) atoms. The standard InChI is InChI=1S/C24H30N4O.HI/c1-3-26-24(27-15-12-19-8-7-11-22(18-19)23(29)25-2)28-16-13-21(14-17-28)20-9-5-4-6-10-20;/h4-11,13,18H,3,12,14-17H2,1-2H3,(H,25,29)(H,26,27);1H. The summed E-state index contributed by atoms with van der Waals surface area (Å²) in [7, 11) is 1.65. The van der Waals surface area contributed by atoms with E-state index < -0.39 is 0 Å². The fourth-order valence-electron chi connectivity index (χ4n) is 3.51. The molecule has 1 aliphatic heterocycles. The summed E-state index contributed by atoms with van der Waals surface area (Å²) >= 11 is 0. The number of guanidine groups is 1. The Morgan fingerprint density at radius 2 is 1.93 bits per heavy atom. The lowest BCUT2D eigenvalue weighted by molar-refractivity contribution is 0.0963. The molecule has 0 spiro atoms. The van der Waals surface area contributed by atoms with Gasteiger partial charge < -0.3 is 15.5 Å². The second-order valence-electron chi connectivity index (χ2n) is 7.06. The smallest absolute Gasteiger partial charge is 0.251 e. The molecule has 0 fully saturated rings. The Morgan fingerprint density at radius 3 is 2.60 bits per heavy atom. The molecule has 0 radical (unpaired) electrons. The van der Waals surface area contributed by atoms with Crippen LogP contribution in [0.2, 0.25) is 0 Å². The van der Waals surface area contributed by atoms with Gasteiger partial charge in [-0.2, -0.15) is 0 Å². The minimum absolute atomic E-state index is 0. The fraction of sp³-hybridized carbons (Fsp3) is 0.333. The first-order valence-electron chi connectivity index (χ1n) is 10.3. The van der Waals surface area contributed by atoms with Crippen molar-refractivity contribution >= 4 is 41.4 Å². The van der Waals surface area contributed by atoms with Crippen LogP contribution >= 0.6 is 24.0 Å². The van der Waals surface area contributed by atoms with Crippen molar-refractivity contribution in [2.75, 3.05) is 33.2 Å². The number of aliphatic imine (C=N–C) groups is 1. The minimum Gasteiger partial charge on any atom is -0.357 e. The van der Waals surface area contributed by atoms with E-state index >= 15 is 0 Å². The third-order valence-electron chi connectivity index (χ3n) is 5.07. The number of carbonyl (C=O) groups is 1. The predicted molar refractivity (Wildman–Crippen MR) is 136 cm³/mol. The Morgan fingerprint density at radius 1 is 1.13 bits per heavy atom. The third-order valence-corrected chi connectivity index (χ3v) is 5.07. The van der Waals surface area contributed by atoms with Crippen LogP contribution in [-0.2, 0) is 6.42 Å². The largest absolute Gasteiger partial charge is 0.357 e. The van der Waals surface area contributed by atoms with E-state index in [0.717, 1.165) is 44.0 Å². The molecule has 1 aliphatic rings. The van der Waals surface area contributed by atoms with Gasteiger partial charge in [0.25, 0.3) is 5.91 Å². The Bertz CT molecular complexity index is 880. The number of nitrogens with zero attached hydrogens (tertiary/aromatic N) is 2. The van der Waals surface area contributed by atoms with Gasteiger partial charge >= 0.3 is 0 Å². The SMILES string of the molecule is CCNC(=NCCc1cccc(C(=O)NC)c1)N1CC=C(c2ccccc2)CC1.I. The second-order valence-corrected chi connectivity index (χ2v) is 7.06. The first-order valence-corrected chi connectivity index (χ1v) is 10.3. The molecule has 0 saturated carbocycles. The van der Waals surface area contributed by atoms with E-state index in [4.69, 9.17) is 4.99 Å². The van der Waals surface area contributed by atoms with Gasteiger partial charge in [-0.05, 0) is 48.6 Å². The van der Waals surface area contributed by atoms with Crippen LogP contribution in [-0.4, -0.2) is 50.0 Å². The molecule has 5 nitrogen and oxygen atoms in total. The van der Waals surface area contributed by atoms with Crippen LogP contribution in [0.25, 0.3) is 5.57 Å². The average molecular weight is 518 g/mol. The number of hydrogen-bond acceptors (Lipinski definition) is 2. The van der Waals surface area contributed by atoms with Crippen LogP contribution in [0.15, 0.2) is 65.7 Å². The number of rotatable bonds is 6. The molecular weight excluding hydrogens is 487 g/mol. The normalized spacial score (nSPS) is 13.9. The molecule has 1 amide bonds. The molecule has 0 unspecified atom stereocenters. The lowest BCUT2D eigenvalue weighted by Crippen LogP contribution is -2.43. The summed E-state index contributed by atoms with van der Waals surface area (Å²) in [5.74, 6) is 0.899. The van der Waals surface area contributed by atoms with Crippen molar-refractivity contribution in [3.05, 3.63) is 77.4 Å². The van der Waals surface area contributed by atoms with E-state index in [1.807, 2.05) is 24.3 Å². The van der Waals surface area contributed by atoms with Crippen LogP contribution < -0.4 is 10.6 Å². The molecule has 3 rings (SSSR count). The zero-order chi connectivity index (χ0) is 20.5. The molecule has 0 aliphatic carbocycles. The van der Waals surface area contributed by atoms with Crippen LogP contribution in [0, 0.1) is 0 Å². The van der Waals surface area contributed by atoms with E-state index in [1.54, 1.807) is 7.05 Å². The summed E-state index contributed by atoms with van der Waals surface area (Å²) in [6, 6.07) is 18.3. The van der Waals surface area contributed by atoms with Gasteiger partial charge in [0.15, 0.2) is 5.96 Å². The highest BCUT2D eigenvalue weighted by atomic mass is 127. The monoisotopic (exact) mass is 518 g/mol. The summed E-state index contributed by atoms with van der Waals surface area (Å²) < 4.78 is 0. The van der Waals surface area contributed by atoms with E-state index in [-0.39, 0.29) is 29.9 Å². The fourth-order valence-corrected chi connectivity index (χ4v) is 3.51. The lowest BCUT2D eigenvalue weighted by atomic mass is 10.00. The van der Waals surface area contributed by atoms with Gasteiger partial charge in [-0.15, -0.1) is 24.0 Å². The second kappa shape index (κ2) is 12.4. The zero-order valence-corrected chi connectivity index (χ0v) is 20.1. The molecule has 2 aromatic carbocycles. The van der Waals surface area contributed by atoms with Crippen LogP contribution in [0.1, 0.15) is 34.8 Å². The minimum atomic E-state index is -0.0574. The maximum absolute atomic E-state index is 11.8. The number of benzene rings is 2. The Balaban J connectivity index is 0.00000320. The maximum atomic E-state index is 11.8. The van der Waals surface area contributed by atoms with Gasteiger partial charge in [-0.25, -0.2) is 0 Å². The van der Waals surface area contributed by atoms with Crippen LogP contribution in [0.5, 0.6) is 0 Å². The quantitative estimate of drug-likeness (QED) is 0.346. The summed E-state index contributed by atoms with van der Waals surface area (Å²) in [5, 5.41) is 6.08. The Hall–Kier alpha value is -2.35. The molecule has 0 aromatic heterocycles. The molecule has 6 heteroatoms. The molecule has 2 aromatic rings. The lowest BCUT2D eigenvalue weighted by Gasteiger charge is -2.30. The third kappa shape index (κ3) is 6.58. The van der Waals surface area contributed by atoms with Crippen molar-refractivity contribution in [2.45, 2.75) is 19.8 Å². The van der Waals surface area contributed by atoms with E-state index in [0.29, 0.717) is 12.1 Å². The molecule has 160 valence electrons. The Kier molecular flexibility index (Phi) is 9.86. The molecule has 0 bridgehead atoms. The molecule has 2 N–H and O–H groups in total. The van der Waals surface area contributed by atoms with Crippen molar-refractivity contribution in [1.82, 2.24) is 15.5 Å². The maximum Gasteiger partial charge on any atom is 0.251 e. The van der Waals surface area contributed by atoms with Crippen molar-refractivity contribution in [3.63, 3.8) is 0 Å². The highest BCUT2D eigenvalue weighted by Crippen LogP contribution is 2.22. The first kappa shape index (κ1) is 23.9. The summed E-state index contributed by atoms with van der Waals surface area (Å²) in [6.07, 6.45) is 4.12. The van der Waals surface area contributed by atoms with Gasteiger partial charge in [0, 0.05) is 38.8 Å². The van der Waals surface area contributed by atoms with Gasteiger partial charge in [0.1, 0.15) is 0 Å². The van der Waals surface area contributed by atoms with Gasteiger partial charge in [-0.3, -0.25) is 9.79 Å². The van der Waals surface area contributed by atoms with E-state index in [1.165, 1.54) is 11.1 Å². The average Bonchev–Trinajstić information content (AvgIpc) is 2.79. The van der Waals surface area contributed by atoms with Crippen LogP contribution in [0.4, 0.5) is 0 Å². The van der Waals surface area contributed by atoms with Gasteiger partial charge in [-0.1, -0.05) is 48.5 Å². The van der Waals surface area contributed by atoms with Crippen molar-refractivity contribution in [2.24, 2.45) is 4.99 Å². The van der Waals surface area contributed by atoms with Crippen molar-refractivity contribution < 1.29 is 4.79 Å². The highest BCUT2D eigenvalue weighted by molar-refractivity contribution is 14.0. The molecule has 0 saturated heterocycles. The van der Waals surface area contributed by atoms with E-state index in [2.05, 4.69) is 58.9 Å². The summed E-state index contributed by atoms with van der Waals surface area (Å²) in [4.78, 5) is 18.9. The van der Waals surface area contributed by atoms with E-state index in [9.17, 15) is 4.79 Å².